The topological polar surface area (TPSA) is 26.3 Å². The molecule has 0 amide bonds. The average molecular weight is 443 g/mol. The largest absolute Gasteiger partial charge is 0.459 e. The molecule has 0 spiro atoms. The zero-order chi connectivity index (χ0) is 23.1. The summed E-state index contributed by atoms with van der Waals surface area (Å²) in [5.41, 5.74) is 0.700. The zero-order valence-corrected chi connectivity index (χ0v) is 21.7. The third-order valence-corrected chi connectivity index (χ3v) is 11.3. The maximum atomic E-state index is 12.2. The molecule has 1 unspecified atom stereocenters. The van der Waals surface area contributed by atoms with Gasteiger partial charge in [-0.2, -0.15) is 0 Å². The van der Waals surface area contributed by atoms with Crippen LogP contribution in [0.25, 0.3) is 0 Å². The molecule has 4 aliphatic carbocycles. The van der Waals surface area contributed by atoms with E-state index >= 15 is 0 Å². The molecular formula is C30H50O2. The van der Waals surface area contributed by atoms with Gasteiger partial charge in [-0.3, -0.25) is 0 Å². The van der Waals surface area contributed by atoms with Crippen LogP contribution in [0.15, 0.2) is 12.7 Å². The fourth-order valence-corrected chi connectivity index (χ4v) is 9.69. The van der Waals surface area contributed by atoms with Crippen molar-refractivity contribution in [3.05, 3.63) is 12.7 Å². The Morgan fingerprint density at radius 1 is 1.00 bits per heavy atom. The smallest absolute Gasteiger partial charge is 0.330 e. The first-order chi connectivity index (χ1) is 15.2. The van der Waals surface area contributed by atoms with Gasteiger partial charge in [0, 0.05) is 11.5 Å². The second-order valence-electron chi connectivity index (χ2n) is 13.1. The van der Waals surface area contributed by atoms with Gasteiger partial charge >= 0.3 is 5.97 Å². The van der Waals surface area contributed by atoms with Crippen molar-refractivity contribution in [1.29, 1.82) is 0 Å². The van der Waals surface area contributed by atoms with Gasteiger partial charge < -0.3 is 4.74 Å². The van der Waals surface area contributed by atoms with E-state index in [2.05, 4.69) is 41.2 Å². The third-order valence-electron chi connectivity index (χ3n) is 11.3. The Morgan fingerprint density at radius 3 is 2.50 bits per heavy atom. The molecule has 182 valence electrons. The van der Waals surface area contributed by atoms with Gasteiger partial charge in [0.15, 0.2) is 0 Å². The van der Waals surface area contributed by atoms with Gasteiger partial charge in [0.2, 0.25) is 0 Å². The van der Waals surface area contributed by atoms with Gasteiger partial charge in [-0.05, 0) is 105 Å². The molecule has 0 radical (unpaired) electrons. The highest BCUT2D eigenvalue weighted by molar-refractivity contribution is 5.81. The third kappa shape index (κ3) is 4.11. The summed E-state index contributed by atoms with van der Waals surface area (Å²) >= 11 is 0. The Morgan fingerprint density at radius 2 is 1.78 bits per heavy atom. The van der Waals surface area contributed by atoms with Gasteiger partial charge in [0.25, 0.3) is 0 Å². The maximum absolute atomic E-state index is 12.2. The Bertz CT molecular complexity index is 682. The Kier molecular flexibility index (Phi) is 7.19. The number of carbonyl (C=O) groups excluding carboxylic acids is 1. The first-order valence-electron chi connectivity index (χ1n) is 14.0. The molecular weight excluding hydrogens is 392 g/mol. The van der Waals surface area contributed by atoms with Gasteiger partial charge in [0.1, 0.15) is 6.10 Å². The normalized spacial score (nSPS) is 44.3. The van der Waals surface area contributed by atoms with Crippen molar-refractivity contribution in [1.82, 2.24) is 0 Å². The summed E-state index contributed by atoms with van der Waals surface area (Å²) in [6.45, 7) is 16.1. The lowest BCUT2D eigenvalue weighted by molar-refractivity contribution is -0.188. The Hall–Kier alpha value is -0.790. The molecule has 0 aromatic rings. The summed E-state index contributed by atoms with van der Waals surface area (Å²) in [7, 11) is 0. The standard InChI is InChI=1S/C30H50O2/c1-7-28(31)32-27-13-9-12-22-14-15-23-25-17-16-24(21(4)11-8-10-20(2)3)29(25,5)19-18-26(23)30(22,27)6/h7,20-27H,1,8-19H2,2-6H3/t21-,22+,23+,24-,25-,26-,27?,29+,30-/m0/s1. The molecule has 4 rings (SSSR count). The van der Waals surface area contributed by atoms with Crippen LogP contribution in [0.4, 0.5) is 0 Å². The predicted molar refractivity (Wildman–Crippen MR) is 133 cm³/mol. The van der Waals surface area contributed by atoms with Gasteiger partial charge in [-0.25, -0.2) is 4.79 Å². The molecule has 0 heterocycles. The summed E-state index contributed by atoms with van der Waals surface area (Å²) in [5.74, 6) is 5.58. The fraction of sp³-hybridized carbons (Fsp3) is 0.900. The summed E-state index contributed by atoms with van der Waals surface area (Å²) in [6, 6.07) is 0. The van der Waals surface area contributed by atoms with E-state index < -0.39 is 0 Å². The average Bonchev–Trinajstić information content (AvgIpc) is 3.11. The molecule has 0 N–H and O–H groups in total. The second kappa shape index (κ2) is 9.46. The van der Waals surface area contributed by atoms with E-state index in [4.69, 9.17) is 4.74 Å². The molecule has 4 saturated carbocycles. The van der Waals surface area contributed by atoms with Crippen molar-refractivity contribution in [2.45, 2.75) is 118 Å². The highest BCUT2D eigenvalue weighted by Crippen LogP contribution is 2.68. The van der Waals surface area contributed by atoms with E-state index in [0.29, 0.717) is 5.41 Å². The fourth-order valence-electron chi connectivity index (χ4n) is 9.69. The van der Waals surface area contributed by atoms with Crippen LogP contribution in [0.2, 0.25) is 0 Å². The predicted octanol–water partition coefficient (Wildman–Crippen LogP) is 8.21. The number of hydrogen-bond donors (Lipinski definition) is 0. The molecule has 2 nitrogen and oxygen atoms in total. The van der Waals surface area contributed by atoms with Gasteiger partial charge in [-0.15, -0.1) is 0 Å². The van der Waals surface area contributed by atoms with Crippen LogP contribution < -0.4 is 0 Å². The monoisotopic (exact) mass is 442 g/mol. The Labute approximate surface area is 198 Å². The molecule has 9 atom stereocenters. The highest BCUT2D eigenvalue weighted by Gasteiger charge is 2.62. The van der Waals surface area contributed by atoms with Crippen LogP contribution in [0.5, 0.6) is 0 Å². The number of carbonyl (C=O) groups is 1. The molecule has 4 fully saturated rings. The van der Waals surface area contributed by atoms with Crippen molar-refractivity contribution < 1.29 is 9.53 Å². The SMILES string of the molecule is C=CC(=O)OC1CCC[C@@H]2CC[C@@H]3[C@@H]4CC[C@@H]([C@@H](C)CCCC(C)C)[C@@]4(C)CC[C@@H]3[C@@]12C. The number of hydrogen-bond acceptors (Lipinski definition) is 2. The van der Waals surface area contributed by atoms with E-state index in [0.717, 1.165) is 47.8 Å². The van der Waals surface area contributed by atoms with Gasteiger partial charge in [-0.1, -0.05) is 60.5 Å². The molecule has 0 bridgehead atoms. The quantitative estimate of drug-likeness (QED) is 0.293. The van der Waals surface area contributed by atoms with E-state index in [1.54, 1.807) is 0 Å². The second-order valence-corrected chi connectivity index (χ2v) is 13.1. The molecule has 4 aliphatic rings. The summed E-state index contributed by atoms with van der Waals surface area (Å²) in [6.07, 6.45) is 17.6. The number of fused-ring (bicyclic) bond motifs is 5. The lowest BCUT2D eigenvalue weighted by Gasteiger charge is -2.62. The number of esters is 1. The molecule has 32 heavy (non-hydrogen) atoms. The summed E-state index contributed by atoms with van der Waals surface area (Å²) in [5, 5.41) is 0. The minimum Gasteiger partial charge on any atom is -0.459 e. The van der Waals surface area contributed by atoms with Gasteiger partial charge in [0.05, 0.1) is 0 Å². The minimum absolute atomic E-state index is 0.0936. The van der Waals surface area contributed by atoms with Crippen LogP contribution in [0, 0.1) is 52.3 Å². The van der Waals surface area contributed by atoms with Crippen molar-refractivity contribution in [2.24, 2.45) is 52.3 Å². The lowest BCUT2D eigenvalue weighted by Crippen LogP contribution is -2.58. The van der Waals surface area contributed by atoms with Crippen LogP contribution in [-0.4, -0.2) is 12.1 Å². The molecule has 0 saturated heterocycles. The Balaban J connectivity index is 1.51. The van der Waals surface area contributed by atoms with Crippen LogP contribution in [-0.2, 0) is 9.53 Å². The van der Waals surface area contributed by atoms with E-state index in [-0.39, 0.29) is 17.5 Å². The van der Waals surface area contributed by atoms with Crippen LogP contribution in [0.1, 0.15) is 112 Å². The number of rotatable bonds is 7. The minimum atomic E-state index is -0.212. The van der Waals surface area contributed by atoms with Crippen molar-refractivity contribution in [3.8, 4) is 0 Å². The van der Waals surface area contributed by atoms with E-state index in [1.165, 1.54) is 76.7 Å². The van der Waals surface area contributed by atoms with Crippen molar-refractivity contribution >= 4 is 5.97 Å². The highest BCUT2D eigenvalue weighted by atomic mass is 16.5. The first-order valence-corrected chi connectivity index (χ1v) is 14.0. The lowest BCUT2D eigenvalue weighted by atomic mass is 9.44. The summed E-state index contributed by atoms with van der Waals surface area (Å²) in [4.78, 5) is 12.2. The van der Waals surface area contributed by atoms with Crippen LogP contribution in [0.3, 0.4) is 0 Å². The molecule has 0 aliphatic heterocycles. The zero-order valence-electron chi connectivity index (χ0n) is 21.7. The maximum Gasteiger partial charge on any atom is 0.330 e. The first kappa shape index (κ1) is 24.3. The molecule has 2 heteroatoms. The van der Waals surface area contributed by atoms with Crippen molar-refractivity contribution in [2.75, 3.05) is 0 Å². The summed E-state index contributed by atoms with van der Waals surface area (Å²) < 4.78 is 6.06. The van der Waals surface area contributed by atoms with Crippen molar-refractivity contribution in [3.63, 3.8) is 0 Å². The van der Waals surface area contributed by atoms with E-state index in [1.807, 2.05) is 0 Å². The van der Waals surface area contributed by atoms with Crippen LogP contribution >= 0.6 is 0 Å². The molecule has 0 aromatic carbocycles. The number of ether oxygens (including phenoxy) is 1. The van der Waals surface area contributed by atoms with E-state index in [9.17, 15) is 4.79 Å². The molecule has 0 aromatic heterocycles.